The second kappa shape index (κ2) is 4.60. The van der Waals surface area contributed by atoms with Crippen molar-refractivity contribution in [3.63, 3.8) is 0 Å². The first-order valence-electron chi connectivity index (χ1n) is 5.77. The van der Waals surface area contributed by atoms with Gasteiger partial charge >= 0.3 is 6.18 Å². The van der Waals surface area contributed by atoms with Crippen LogP contribution in [0.3, 0.4) is 0 Å². The van der Waals surface area contributed by atoms with E-state index in [0.717, 1.165) is 17.2 Å². The maximum atomic E-state index is 12.5. The predicted molar refractivity (Wildman–Crippen MR) is 66.6 cm³/mol. The molecule has 0 amide bonds. The topological polar surface area (TPSA) is 43.8 Å². The molecular formula is C13H14F3N3. The number of hydrogen-bond acceptors (Lipinski definition) is 2. The number of halogens is 3. The first-order chi connectivity index (χ1) is 8.79. The van der Waals surface area contributed by atoms with Gasteiger partial charge in [-0.05, 0) is 37.1 Å². The maximum absolute atomic E-state index is 12.5. The molecule has 1 heterocycles. The van der Waals surface area contributed by atoms with E-state index in [1.54, 1.807) is 19.1 Å². The Morgan fingerprint density at radius 1 is 1.26 bits per heavy atom. The quantitative estimate of drug-likeness (QED) is 0.849. The Morgan fingerprint density at radius 2 is 1.95 bits per heavy atom. The Bertz CT molecular complexity index is 587. The third kappa shape index (κ3) is 2.72. The molecule has 1 atom stereocenters. The van der Waals surface area contributed by atoms with Gasteiger partial charge in [-0.1, -0.05) is 12.1 Å². The lowest BCUT2D eigenvalue weighted by molar-refractivity contribution is -0.141. The number of nitrogens with zero attached hydrogens (tertiary/aromatic N) is 2. The molecule has 2 rings (SSSR count). The molecule has 0 spiro atoms. The largest absolute Gasteiger partial charge is 0.435 e. The zero-order chi connectivity index (χ0) is 14.2. The van der Waals surface area contributed by atoms with E-state index in [4.69, 9.17) is 5.73 Å². The van der Waals surface area contributed by atoms with Crippen molar-refractivity contribution in [2.75, 3.05) is 5.73 Å². The second-order valence-corrected chi connectivity index (χ2v) is 4.47. The zero-order valence-electron chi connectivity index (χ0n) is 10.6. The van der Waals surface area contributed by atoms with E-state index in [1.165, 1.54) is 10.9 Å². The Hall–Kier alpha value is -1.98. The number of aromatic nitrogens is 2. The summed E-state index contributed by atoms with van der Waals surface area (Å²) in [7, 11) is 0. The van der Waals surface area contributed by atoms with Gasteiger partial charge in [0.05, 0.1) is 6.04 Å². The van der Waals surface area contributed by atoms with Crippen molar-refractivity contribution >= 4 is 5.69 Å². The van der Waals surface area contributed by atoms with Crippen LogP contribution in [0.4, 0.5) is 18.9 Å². The molecule has 1 aromatic heterocycles. The summed E-state index contributed by atoms with van der Waals surface area (Å²) in [5, 5.41) is 3.57. The van der Waals surface area contributed by atoms with Crippen molar-refractivity contribution < 1.29 is 13.2 Å². The molecule has 0 aliphatic rings. The minimum absolute atomic E-state index is 0.282. The number of aryl methyl sites for hydroxylation is 1. The highest BCUT2D eigenvalue weighted by atomic mass is 19.4. The van der Waals surface area contributed by atoms with E-state index in [2.05, 4.69) is 5.10 Å². The van der Waals surface area contributed by atoms with Crippen molar-refractivity contribution in [2.24, 2.45) is 0 Å². The molecule has 0 saturated heterocycles. The zero-order valence-corrected chi connectivity index (χ0v) is 10.6. The van der Waals surface area contributed by atoms with Gasteiger partial charge in [-0.15, -0.1) is 0 Å². The molecule has 2 aromatic rings. The molecule has 102 valence electrons. The Morgan fingerprint density at radius 3 is 2.47 bits per heavy atom. The van der Waals surface area contributed by atoms with Crippen LogP contribution in [0.2, 0.25) is 0 Å². The molecule has 0 bridgehead atoms. The van der Waals surface area contributed by atoms with Crippen LogP contribution in [0.15, 0.2) is 30.5 Å². The number of rotatable bonds is 2. The van der Waals surface area contributed by atoms with Crippen molar-refractivity contribution in [2.45, 2.75) is 26.1 Å². The average molecular weight is 269 g/mol. The smallest absolute Gasteiger partial charge is 0.399 e. The first-order valence-corrected chi connectivity index (χ1v) is 5.77. The van der Waals surface area contributed by atoms with Crippen LogP contribution in [0.25, 0.3) is 0 Å². The molecule has 3 nitrogen and oxygen atoms in total. The van der Waals surface area contributed by atoms with Crippen LogP contribution in [-0.4, -0.2) is 9.78 Å². The highest BCUT2D eigenvalue weighted by Crippen LogP contribution is 2.29. The molecule has 0 aliphatic carbocycles. The molecule has 6 heteroatoms. The van der Waals surface area contributed by atoms with Gasteiger partial charge < -0.3 is 5.73 Å². The molecule has 0 aliphatic heterocycles. The van der Waals surface area contributed by atoms with Gasteiger partial charge in [-0.25, -0.2) is 0 Å². The van der Waals surface area contributed by atoms with Gasteiger partial charge in [0.25, 0.3) is 0 Å². The summed E-state index contributed by atoms with van der Waals surface area (Å²) in [6.07, 6.45) is -3.08. The van der Waals surface area contributed by atoms with Crippen LogP contribution < -0.4 is 5.73 Å². The summed E-state index contributed by atoms with van der Waals surface area (Å²) in [6.45, 7) is 3.65. The van der Waals surface area contributed by atoms with Gasteiger partial charge in [0.2, 0.25) is 0 Å². The number of anilines is 1. The van der Waals surface area contributed by atoms with E-state index < -0.39 is 11.9 Å². The molecule has 0 saturated carbocycles. The third-order valence-electron chi connectivity index (χ3n) is 3.07. The van der Waals surface area contributed by atoms with E-state index >= 15 is 0 Å². The van der Waals surface area contributed by atoms with Crippen LogP contribution in [0, 0.1) is 6.92 Å². The van der Waals surface area contributed by atoms with Gasteiger partial charge in [0.15, 0.2) is 5.69 Å². The van der Waals surface area contributed by atoms with E-state index in [1.807, 2.05) is 13.0 Å². The van der Waals surface area contributed by atoms with E-state index in [9.17, 15) is 13.2 Å². The fourth-order valence-corrected chi connectivity index (χ4v) is 1.82. The number of hydrogen-bond donors (Lipinski definition) is 1. The minimum Gasteiger partial charge on any atom is -0.399 e. The molecule has 1 unspecified atom stereocenters. The van der Waals surface area contributed by atoms with Crippen molar-refractivity contribution in [3.05, 3.63) is 47.3 Å². The second-order valence-electron chi connectivity index (χ2n) is 4.47. The van der Waals surface area contributed by atoms with Crippen LogP contribution in [-0.2, 0) is 6.18 Å². The highest BCUT2D eigenvalue weighted by Gasteiger charge is 2.33. The molecule has 0 fully saturated rings. The Balaban J connectivity index is 2.31. The average Bonchev–Trinajstić information content (AvgIpc) is 2.81. The van der Waals surface area contributed by atoms with Crippen LogP contribution >= 0.6 is 0 Å². The molecule has 2 N–H and O–H groups in total. The Labute approximate surface area is 108 Å². The van der Waals surface area contributed by atoms with Gasteiger partial charge in [0.1, 0.15) is 0 Å². The van der Waals surface area contributed by atoms with Crippen LogP contribution in [0.1, 0.15) is 29.8 Å². The van der Waals surface area contributed by atoms with Crippen molar-refractivity contribution in [3.8, 4) is 0 Å². The third-order valence-corrected chi connectivity index (χ3v) is 3.07. The molecule has 1 aromatic carbocycles. The number of benzene rings is 1. The number of alkyl halides is 3. The summed E-state index contributed by atoms with van der Waals surface area (Å²) >= 11 is 0. The lowest BCUT2D eigenvalue weighted by atomic mass is 10.0. The lowest BCUT2D eigenvalue weighted by Crippen LogP contribution is -2.11. The fourth-order valence-electron chi connectivity index (χ4n) is 1.82. The summed E-state index contributed by atoms with van der Waals surface area (Å²) < 4.78 is 38.8. The summed E-state index contributed by atoms with van der Waals surface area (Å²) in [5.41, 5.74) is 7.25. The molecular weight excluding hydrogens is 255 g/mol. The lowest BCUT2D eigenvalue weighted by Gasteiger charge is -2.14. The maximum Gasteiger partial charge on any atom is 0.435 e. The molecule has 0 radical (unpaired) electrons. The van der Waals surface area contributed by atoms with E-state index in [0.29, 0.717) is 5.69 Å². The highest BCUT2D eigenvalue weighted by molar-refractivity contribution is 5.48. The van der Waals surface area contributed by atoms with Gasteiger partial charge in [-0.3, -0.25) is 4.68 Å². The minimum atomic E-state index is -4.41. The SMILES string of the molecule is Cc1cc(C(C)n2ccc(C(F)(F)F)n2)ccc1N. The fraction of sp³-hybridized carbons (Fsp3) is 0.308. The number of nitrogens with two attached hydrogens (primary N) is 1. The summed E-state index contributed by atoms with van der Waals surface area (Å²) in [6, 6.07) is 6.09. The Kier molecular flexibility index (Phi) is 3.26. The molecule has 19 heavy (non-hydrogen) atoms. The monoisotopic (exact) mass is 269 g/mol. The van der Waals surface area contributed by atoms with Gasteiger partial charge in [0, 0.05) is 11.9 Å². The summed E-state index contributed by atoms with van der Waals surface area (Å²) in [5.74, 6) is 0. The van der Waals surface area contributed by atoms with Crippen LogP contribution in [0.5, 0.6) is 0 Å². The predicted octanol–water partition coefficient (Wildman–Crippen LogP) is 3.40. The summed E-state index contributed by atoms with van der Waals surface area (Å²) in [4.78, 5) is 0. The standard InChI is InChI=1S/C13H14F3N3/c1-8-7-10(3-4-11(8)17)9(2)19-6-5-12(18-19)13(14,15)16/h3-7,9H,17H2,1-2H3. The first kappa shape index (κ1) is 13.5. The van der Waals surface area contributed by atoms with Crippen molar-refractivity contribution in [1.82, 2.24) is 9.78 Å². The van der Waals surface area contributed by atoms with Gasteiger partial charge in [-0.2, -0.15) is 18.3 Å². The van der Waals surface area contributed by atoms with Crippen molar-refractivity contribution in [1.29, 1.82) is 0 Å². The normalized spacial score (nSPS) is 13.5. The number of nitrogen functional groups attached to an aromatic ring is 1. The van der Waals surface area contributed by atoms with E-state index in [-0.39, 0.29) is 6.04 Å².